The molecule has 0 aliphatic rings. The molecular formula is C17H12BClN2O3. The van der Waals surface area contributed by atoms with E-state index in [1.54, 1.807) is 36.4 Å². The van der Waals surface area contributed by atoms with Crippen molar-refractivity contribution in [3.05, 3.63) is 81.2 Å². The number of hydrogen-bond acceptors (Lipinski definition) is 2. The van der Waals surface area contributed by atoms with Crippen LogP contribution in [0.1, 0.15) is 15.9 Å². The molecule has 2 aromatic carbocycles. The number of benzene rings is 2. The first kappa shape index (κ1) is 16.1. The van der Waals surface area contributed by atoms with Crippen LogP contribution in [-0.4, -0.2) is 28.3 Å². The van der Waals surface area contributed by atoms with Crippen molar-refractivity contribution < 1.29 is 9.90 Å². The molecular weight excluding hydrogens is 326 g/mol. The summed E-state index contributed by atoms with van der Waals surface area (Å²) >= 11 is 6.17. The Morgan fingerprint density at radius 3 is 2.42 bits per heavy atom. The number of halogens is 1. The molecule has 3 aromatic rings. The first-order chi connectivity index (χ1) is 11.5. The fourth-order valence-electron chi connectivity index (χ4n) is 2.44. The quantitative estimate of drug-likeness (QED) is 0.738. The van der Waals surface area contributed by atoms with E-state index in [9.17, 15) is 14.7 Å². The predicted octanol–water partition coefficient (Wildman–Crippen LogP) is 1.83. The third-order valence-corrected chi connectivity index (χ3v) is 3.98. The Kier molecular flexibility index (Phi) is 4.31. The van der Waals surface area contributed by atoms with Crippen molar-refractivity contribution in [1.29, 1.82) is 0 Å². The van der Waals surface area contributed by atoms with E-state index in [1.807, 2.05) is 12.1 Å². The Labute approximate surface area is 144 Å². The lowest BCUT2D eigenvalue weighted by Gasteiger charge is -2.13. The second-order valence-corrected chi connectivity index (χ2v) is 5.65. The molecule has 1 heterocycles. The summed E-state index contributed by atoms with van der Waals surface area (Å²) in [4.78, 5) is 23.8. The van der Waals surface area contributed by atoms with Crippen LogP contribution < -0.4 is 11.0 Å². The molecule has 0 atom stereocenters. The van der Waals surface area contributed by atoms with E-state index in [0.29, 0.717) is 16.2 Å². The SMILES string of the molecule is [B]c1ccc(-n2c(=O)c(C(=O)O)cn2Cc2ccccc2Cl)cc1. The van der Waals surface area contributed by atoms with E-state index in [4.69, 9.17) is 19.4 Å². The van der Waals surface area contributed by atoms with Gasteiger partial charge in [-0.2, -0.15) is 0 Å². The molecule has 5 nitrogen and oxygen atoms in total. The molecule has 1 aromatic heterocycles. The lowest BCUT2D eigenvalue weighted by atomic mass is 9.96. The van der Waals surface area contributed by atoms with Crippen molar-refractivity contribution in [1.82, 2.24) is 9.36 Å². The van der Waals surface area contributed by atoms with Crippen LogP contribution in [0.4, 0.5) is 0 Å². The van der Waals surface area contributed by atoms with Gasteiger partial charge in [0.2, 0.25) is 0 Å². The minimum atomic E-state index is -1.28. The fraction of sp³-hybridized carbons (Fsp3) is 0.0588. The van der Waals surface area contributed by atoms with Gasteiger partial charge in [-0.1, -0.05) is 47.4 Å². The lowest BCUT2D eigenvalue weighted by Crippen LogP contribution is -2.24. The number of aromatic carboxylic acids is 1. The molecule has 2 radical (unpaired) electrons. The molecule has 3 rings (SSSR count). The van der Waals surface area contributed by atoms with Gasteiger partial charge in [0.05, 0.1) is 12.2 Å². The van der Waals surface area contributed by atoms with E-state index < -0.39 is 11.5 Å². The van der Waals surface area contributed by atoms with Crippen LogP contribution in [0.5, 0.6) is 0 Å². The van der Waals surface area contributed by atoms with E-state index >= 15 is 0 Å². The number of hydrogen-bond donors (Lipinski definition) is 1. The van der Waals surface area contributed by atoms with Gasteiger partial charge < -0.3 is 5.11 Å². The van der Waals surface area contributed by atoms with Gasteiger partial charge in [-0.15, -0.1) is 0 Å². The summed E-state index contributed by atoms with van der Waals surface area (Å²) in [5.41, 5.74) is 0.928. The van der Waals surface area contributed by atoms with Gasteiger partial charge in [0.15, 0.2) is 0 Å². The van der Waals surface area contributed by atoms with Gasteiger partial charge in [-0.3, -0.25) is 9.48 Å². The van der Waals surface area contributed by atoms with E-state index in [-0.39, 0.29) is 12.1 Å². The van der Waals surface area contributed by atoms with E-state index in [1.165, 1.54) is 15.6 Å². The molecule has 1 N–H and O–H groups in total. The number of carbonyl (C=O) groups is 1. The normalized spacial score (nSPS) is 10.7. The highest BCUT2D eigenvalue weighted by Crippen LogP contribution is 2.17. The highest BCUT2D eigenvalue weighted by atomic mass is 35.5. The highest BCUT2D eigenvalue weighted by molar-refractivity contribution is 6.32. The molecule has 24 heavy (non-hydrogen) atoms. The highest BCUT2D eigenvalue weighted by Gasteiger charge is 2.18. The van der Waals surface area contributed by atoms with Gasteiger partial charge in [0.1, 0.15) is 13.4 Å². The average molecular weight is 339 g/mol. The average Bonchev–Trinajstić information content (AvgIpc) is 2.87. The Morgan fingerprint density at radius 2 is 1.79 bits per heavy atom. The number of carboxylic acids is 1. The standard InChI is InChI=1S/C17H12BClN2O3/c18-12-5-7-13(8-6-12)21-16(22)14(17(23)24)10-20(21)9-11-3-1-2-4-15(11)19/h1-8,10H,9H2,(H,23,24). The molecule has 0 fully saturated rings. The predicted molar refractivity (Wildman–Crippen MR) is 92.9 cm³/mol. The Hall–Kier alpha value is -2.73. The van der Waals surface area contributed by atoms with Crippen LogP contribution in [0.3, 0.4) is 0 Å². The van der Waals surface area contributed by atoms with Crippen LogP contribution in [0, 0.1) is 0 Å². The monoisotopic (exact) mass is 338 g/mol. The molecule has 0 aliphatic heterocycles. The largest absolute Gasteiger partial charge is 0.477 e. The van der Waals surface area contributed by atoms with Crippen LogP contribution in [0.15, 0.2) is 59.5 Å². The summed E-state index contributed by atoms with van der Waals surface area (Å²) in [6.07, 6.45) is 1.31. The van der Waals surface area contributed by atoms with Crippen molar-refractivity contribution in [3.8, 4) is 5.69 Å². The second kappa shape index (κ2) is 6.41. The Balaban J connectivity index is 2.16. The third kappa shape index (κ3) is 3.01. The summed E-state index contributed by atoms with van der Waals surface area (Å²) in [6.45, 7) is 0.257. The summed E-state index contributed by atoms with van der Waals surface area (Å²) in [5.74, 6) is -1.28. The molecule has 118 valence electrons. The molecule has 7 heteroatoms. The molecule has 0 amide bonds. The summed E-state index contributed by atoms with van der Waals surface area (Å²) in [7, 11) is 5.67. The van der Waals surface area contributed by atoms with Gasteiger partial charge in [0, 0.05) is 11.2 Å². The summed E-state index contributed by atoms with van der Waals surface area (Å²) in [6, 6.07) is 13.8. The van der Waals surface area contributed by atoms with Crippen molar-refractivity contribution >= 4 is 30.9 Å². The van der Waals surface area contributed by atoms with Gasteiger partial charge in [0.25, 0.3) is 5.56 Å². The molecule has 0 saturated heterocycles. The second-order valence-electron chi connectivity index (χ2n) is 5.25. The molecule has 0 saturated carbocycles. The zero-order valence-electron chi connectivity index (χ0n) is 12.5. The Bertz CT molecular complexity index is 961. The van der Waals surface area contributed by atoms with Crippen molar-refractivity contribution in [2.24, 2.45) is 0 Å². The number of nitrogens with zero attached hydrogens (tertiary/aromatic N) is 2. The maximum absolute atomic E-state index is 12.5. The molecule has 0 unspecified atom stereocenters. The van der Waals surface area contributed by atoms with Gasteiger partial charge in [-0.25, -0.2) is 9.48 Å². The topological polar surface area (TPSA) is 64.2 Å². The zero-order valence-corrected chi connectivity index (χ0v) is 13.3. The van der Waals surface area contributed by atoms with E-state index in [2.05, 4.69) is 0 Å². The number of aromatic nitrogens is 2. The smallest absolute Gasteiger partial charge is 0.342 e. The first-order valence-electron chi connectivity index (χ1n) is 7.12. The van der Waals surface area contributed by atoms with Crippen molar-refractivity contribution in [2.45, 2.75) is 6.54 Å². The minimum Gasteiger partial charge on any atom is -0.477 e. The van der Waals surface area contributed by atoms with Crippen molar-refractivity contribution in [3.63, 3.8) is 0 Å². The van der Waals surface area contributed by atoms with Gasteiger partial charge >= 0.3 is 5.97 Å². The lowest BCUT2D eigenvalue weighted by molar-refractivity contribution is 0.0695. The number of rotatable bonds is 4. The van der Waals surface area contributed by atoms with Crippen LogP contribution in [0.2, 0.25) is 5.02 Å². The molecule has 0 bridgehead atoms. The Morgan fingerprint density at radius 1 is 1.12 bits per heavy atom. The van der Waals surface area contributed by atoms with Crippen LogP contribution >= 0.6 is 11.6 Å². The van der Waals surface area contributed by atoms with E-state index in [0.717, 1.165) is 5.56 Å². The summed E-state index contributed by atoms with van der Waals surface area (Å²) in [5, 5.41) is 9.78. The first-order valence-corrected chi connectivity index (χ1v) is 7.50. The summed E-state index contributed by atoms with van der Waals surface area (Å²) < 4.78 is 2.82. The van der Waals surface area contributed by atoms with Crippen molar-refractivity contribution in [2.75, 3.05) is 0 Å². The zero-order chi connectivity index (χ0) is 17.3. The van der Waals surface area contributed by atoms with Gasteiger partial charge in [-0.05, 0) is 23.8 Å². The maximum Gasteiger partial charge on any atom is 0.342 e. The third-order valence-electron chi connectivity index (χ3n) is 3.62. The maximum atomic E-state index is 12.5. The molecule has 0 aliphatic carbocycles. The van der Waals surface area contributed by atoms with Crippen LogP contribution in [0.25, 0.3) is 5.69 Å². The minimum absolute atomic E-state index is 0.257. The number of carboxylic acid groups (broad SMARTS) is 1. The molecule has 0 spiro atoms. The van der Waals surface area contributed by atoms with Crippen LogP contribution in [-0.2, 0) is 6.54 Å². The fourth-order valence-corrected chi connectivity index (χ4v) is 2.63.